The van der Waals surface area contributed by atoms with E-state index in [0.29, 0.717) is 10.7 Å². The summed E-state index contributed by atoms with van der Waals surface area (Å²) in [4.78, 5) is 29.1. The third-order valence-electron chi connectivity index (χ3n) is 5.05. The second-order valence-electron chi connectivity index (χ2n) is 8.64. The van der Waals surface area contributed by atoms with Gasteiger partial charge in [0.25, 0.3) is 5.91 Å². The number of hydrogen-bond donors (Lipinski definition) is 2. The smallest absolute Gasteiger partial charge is 0.253 e. The van der Waals surface area contributed by atoms with Gasteiger partial charge in [0, 0.05) is 28.9 Å². The van der Waals surface area contributed by atoms with E-state index >= 15 is 0 Å². The van der Waals surface area contributed by atoms with Crippen molar-refractivity contribution in [3.8, 4) is 11.3 Å². The highest BCUT2D eigenvalue weighted by atomic mass is 32.1. The highest BCUT2D eigenvalue weighted by molar-refractivity contribution is 7.14. The van der Waals surface area contributed by atoms with Gasteiger partial charge in [0.2, 0.25) is 5.91 Å². The van der Waals surface area contributed by atoms with Crippen molar-refractivity contribution in [3.63, 3.8) is 0 Å². The van der Waals surface area contributed by atoms with Crippen molar-refractivity contribution in [1.82, 2.24) is 14.9 Å². The summed E-state index contributed by atoms with van der Waals surface area (Å²) in [6.45, 7) is 10.4. The van der Waals surface area contributed by atoms with Crippen LogP contribution in [0.5, 0.6) is 0 Å². The predicted octanol–water partition coefficient (Wildman–Crippen LogP) is 5.00. The summed E-state index contributed by atoms with van der Waals surface area (Å²) >= 11 is 1.37. The van der Waals surface area contributed by atoms with Gasteiger partial charge < -0.3 is 15.2 Å². The molecule has 164 valence electrons. The minimum absolute atomic E-state index is 0.104. The van der Waals surface area contributed by atoms with Crippen molar-refractivity contribution in [2.24, 2.45) is 0 Å². The van der Waals surface area contributed by atoms with Gasteiger partial charge in [0.15, 0.2) is 5.13 Å². The highest BCUT2D eigenvalue weighted by Crippen LogP contribution is 2.27. The first-order valence-electron chi connectivity index (χ1n) is 10.5. The van der Waals surface area contributed by atoms with Crippen LogP contribution in [-0.2, 0) is 16.8 Å². The molecule has 0 aliphatic heterocycles. The highest BCUT2D eigenvalue weighted by Gasteiger charge is 2.16. The molecule has 0 saturated carbocycles. The fourth-order valence-corrected chi connectivity index (χ4v) is 3.98. The van der Waals surface area contributed by atoms with Gasteiger partial charge in [0.05, 0.1) is 17.8 Å². The zero-order valence-corrected chi connectivity index (χ0v) is 19.6. The van der Waals surface area contributed by atoms with Gasteiger partial charge in [-0.25, -0.2) is 4.98 Å². The molecular weight excluding hydrogens is 408 g/mol. The predicted molar refractivity (Wildman–Crippen MR) is 127 cm³/mol. The molecule has 0 spiro atoms. The summed E-state index contributed by atoms with van der Waals surface area (Å²) in [5, 5.41) is 7.87. The lowest BCUT2D eigenvalue weighted by atomic mass is 10.0. The number of aromatic nitrogens is 2. The minimum Gasteiger partial charge on any atom is -0.348 e. The lowest BCUT2D eigenvalue weighted by Crippen LogP contribution is -2.32. The molecule has 0 saturated heterocycles. The Labute approximate surface area is 187 Å². The van der Waals surface area contributed by atoms with E-state index < -0.39 is 0 Å². The van der Waals surface area contributed by atoms with Crippen LogP contribution in [0.1, 0.15) is 55.6 Å². The molecule has 31 heavy (non-hydrogen) atoms. The Morgan fingerprint density at radius 3 is 2.61 bits per heavy atom. The number of amides is 2. The van der Waals surface area contributed by atoms with Gasteiger partial charge in [-0.15, -0.1) is 11.3 Å². The number of nitrogens with zero attached hydrogens (tertiary/aromatic N) is 2. The normalized spacial score (nSPS) is 11.4. The third kappa shape index (κ3) is 5.82. The van der Waals surface area contributed by atoms with E-state index in [1.54, 1.807) is 12.3 Å². The standard InChI is InChI=1S/C24H30N4O2S/c1-6-7-17-8-9-18(12-16(17)2)20-15-31-23(26-20)27-21(29)13-25-22(30)19-10-11-28(14-19)24(3,4)5/h8-12,14-15H,6-7,13H2,1-5H3,(H,25,30)(H,26,27,29). The first-order valence-corrected chi connectivity index (χ1v) is 11.4. The molecule has 2 amide bonds. The average molecular weight is 439 g/mol. The minimum atomic E-state index is -0.307. The maximum Gasteiger partial charge on any atom is 0.253 e. The number of nitrogens with one attached hydrogen (secondary N) is 2. The molecule has 2 N–H and O–H groups in total. The van der Waals surface area contributed by atoms with Crippen LogP contribution in [0.2, 0.25) is 0 Å². The summed E-state index contributed by atoms with van der Waals surface area (Å²) < 4.78 is 1.97. The number of anilines is 1. The van der Waals surface area contributed by atoms with E-state index in [2.05, 4.69) is 68.4 Å². The quantitative estimate of drug-likeness (QED) is 0.545. The fraction of sp³-hybridized carbons (Fsp3) is 0.375. The second kappa shape index (κ2) is 9.47. The maximum absolute atomic E-state index is 12.3. The van der Waals surface area contributed by atoms with Gasteiger partial charge in [-0.2, -0.15) is 0 Å². The van der Waals surface area contributed by atoms with Crippen molar-refractivity contribution >= 4 is 28.3 Å². The molecule has 0 unspecified atom stereocenters. The Hall–Kier alpha value is -2.93. The van der Waals surface area contributed by atoms with Gasteiger partial charge in [0.1, 0.15) is 0 Å². The van der Waals surface area contributed by atoms with E-state index in [1.165, 1.54) is 22.5 Å². The Morgan fingerprint density at radius 1 is 1.19 bits per heavy atom. The van der Waals surface area contributed by atoms with E-state index in [-0.39, 0.29) is 23.9 Å². The van der Waals surface area contributed by atoms with Crippen LogP contribution in [0.4, 0.5) is 5.13 Å². The van der Waals surface area contributed by atoms with Gasteiger partial charge >= 0.3 is 0 Å². The molecule has 0 atom stereocenters. The maximum atomic E-state index is 12.3. The van der Waals surface area contributed by atoms with E-state index in [1.807, 2.05) is 16.1 Å². The third-order valence-corrected chi connectivity index (χ3v) is 5.81. The van der Waals surface area contributed by atoms with Crippen molar-refractivity contribution in [2.75, 3.05) is 11.9 Å². The zero-order chi connectivity index (χ0) is 22.6. The summed E-state index contributed by atoms with van der Waals surface area (Å²) in [6, 6.07) is 8.10. The van der Waals surface area contributed by atoms with Crippen molar-refractivity contribution in [1.29, 1.82) is 0 Å². The van der Waals surface area contributed by atoms with Crippen molar-refractivity contribution < 1.29 is 9.59 Å². The van der Waals surface area contributed by atoms with Gasteiger partial charge in [-0.05, 0) is 57.4 Å². The summed E-state index contributed by atoms with van der Waals surface area (Å²) in [7, 11) is 0. The fourth-order valence-electron chi connectivity index (χ4n) is 3.24. The molecule has 2 heterocycles. The molecule has 0 aliphatic carbocycles. The summed E-state index contributed by atoms with van der Waals surface area (Å²) in [5.74, 6) is -0.584. The molecule has 0 fully saturated rings. The average Bonchev–Trinajstić information content (AvgIpc) is 3.37. The molecule has 3 aromatic rings. The zero-order valence-electron chi connectivity index (χ0n) is 18.8. The van der Waals surface area contributed by atoms with Crippen LogP contribution >= 0.6 is 11.3 Å². The summed E-state index contributed by atoms with van der Waals surface area (Å²) in [6.07, 6.45) is 5.83. The number of thiazole rings is 1. The molecule has 1 aromatic carbocycles. The van der Waals surface area contributed by atoms with Crippen LogP contribution in [0.15, 0.2) is 42.0 Å². The topological polar surface area (TPSA) is 76.0 Å². The Balaban J connectivity index is 1.56. The van der Waals surface area contributed by atoms with Crippen molar-refractivity contribution in [2.45, 2.75) is 53.0 Å². The van der Waals surface area contributed by atoms with Crippen LogP contribution in [0.25, 0.3) is 11.3 Å². The Morgan fingerprint density at radius 2 is 1.97 bits per heavy atom. The second-order valence-corrected chi connectivity index (χ2v) is 9.50. The Kier molecular flexibility index (Phi) is 6.95. The van der Waals surface area contributed by atoms with E-state index in [0.717, 1.165) is 24.1 Å². The van der Waals surface area contributed by atoms with Crippen LogP contribution in [0.3, 0.4) is 0 Å². The number of carbonyl (C=O) groups is 2. The lowest BCUT2D eigenvalue weighted by molar-refractivity contribution is -0.115. The summed E-state index contributed by atoms with van der Waals surface area (Å²) in [5.41, 5.74) is 4.89. The van der Waals surface area contributed by atoms with E-state index in [9.17, 15) is 9.59 Å². The monoisotopic (exact) mass is 438 g/mol. The van der Waals surface area contributed by atoms with Crippen LogP contribution < -0.4 is 10.6 Å². The molecule has 6 nitrogen and oxygen atoms in total. The molecule has 3 rings (SSSR count). The van der Waals surface area contributed by atoms with Crippen LogP contribution in [-0.4, -0.2) is 27.9 Å². The molecule has 2 aromatic heterocycles. The Bertz CT molecular complexity index is 1080. The number of benzene rings is 1. The first kappa shape index (κ1) is 22.7. The number of hydrogen-bond acceptors (Lipinski definition) is 4. The van der Waals surface area contributed by atoms with Gasteiger partial charge in [-0.3, -0.25) is 9.59 Å². The largest absolute Gasteiger partial charge is 0.348 e. The molecule has 0 bridgehead atoms. The lowest BCUT2D eigenvalue weighted by Gasteiger charge is -2.20. The molecule has 0 aliphatic rings. The van der Waals surface area contributed by atoms with Crippen molar-refractivity contribution in [3.05, 3.63) is 58.7 Å². The first-order chi connectivity index (χ1) is 14.7. The number of aryl methyl sites for hydroxylation is 2. The van der Waals surface area contributed by atoms with E-state index in [4.69, 9.17) is 0 Å². The molecular formula is C24H30N4O2S. The number of rotatable bonds is 7. The number of carbonyl (C=O) groups excluding carboxylic acids is 2. The SMILES string of the molecule is CCCc1ccc(-c2csc(NC(=O)CNC(=O)c3ccn(C(C)(C)C)c3)n2)cc1C. The molecule has 0 radical (unpaired) electrons. The van der Waals surface area contributed by atoms with Crippen LogP contribution in [0, 0.1) is 6.92 Å². The van der Waals surface area contributed by atoms with Gasteiger partial charge in [-0.1, -0.05) is 25.5 Å². The molecule has 7 heteroatoms.